The monoisotopic (exact) mass is 236 g/mol. The van der Waals surface area contributed by atoms with Crippen LogP contribution in [0, 0.1) is 23.2 Å². The van der Waals surface area contributed by atoms with Crippen molar-refractivity contribution < 1.29 is 5.11 Å². The second-order valence-corrected chi connectivity index (χ2v) is 7.69. The topological polar surface area (TPSA) is 20.2 Å². The Morgan fingerprint density at radius 2 is 1.76 bits per heavy atom. The largest absolute Gasteiger partial charge is 0.390 e. The van der Waals surface area contributed by atoms with Crippen LogP contribution in [0.25, 0.3) is 0 Å². The SMILES string of the molecule is CC1(C)C2CCC(C2)C1CC1(O)CCCCC1. The van der Waals surface area contributed by atoms with Gasteiger partial charge in [0.2, 0.25) is 0 Å². The van der Waals surface area contributed by atoms with Crippen molar-refractivity contribution in [1.82, 2.24) is 0 Å². The molecule has 0 radical (unpaired) electrons. The summed E-state index contributed by atoms with van der Waals surface area (Å²) in [5.41, 5.74) is 0.195. The highest BCUT2D eigenvalue weighted by atomic mass is 16.3. The molecule has 1 N–H and O–H groups in total. The van der Waals surface area contributed by atoms with Gasteiger partial charge in [0.05, 0.1) is 5.60 Å². The van der Waals surface area contributed by atoms with Crippen molar-refractivity contribution in [3.8, 4) is 0 Å². The lowest BCUT2D eigenvalue weighted by molar-refractivity contribution is -0.0456. The molecule has 3 rings (SSSR count). The number of rotatable bonds is 2. The Hall–Kier alpha value is -0.0400. The van der Waals surface area contributed by atoms with E-state index in [0.717, 1.165) is 37.0 Å². The van der Waals surface area contributed by atoms with E-state index < -0.39 is 0 Å². The van der Waals surface area contributed by atoms with Gasteiger partial charge in [-0.3, -0.25) is 0 Å². The first-order valence-electron chi connectivity index (χ1n) is 7.74. The minimum absolute atomic E-state index is 0.301. The van der Waals surface area contributed by atoms with E-state index in [1.807, 2.05) is 0 Å². The summed E-state index contributed by atoms with van der Waals surface area (Å²) < 4.78 is 0. The average molecular weight is 236 g/mol. The molecule has 2 bridgehead atoms. The van der Waals surface area contributed by atoms with Crippen molar-refractivity contribution in [1.29, 1.82) is 0 Å². The predicted molar refractivity (Wildman–Crippen MR) is 70.8 cm³/mol. The Morgan fingerprint density at radius 1 is 1.06 bits per heavy atom. The normalized spacial score (nSPS) is 42.9. The fraction of sp³-hybridized carbons (Fsp3) is 1.00. The Bertz CT molecular complexity index is 288. The molecule has 98 valence electrons. The number of hydrogen-bond acceptors (Lipinski definition) is 1. The van der Waals surface area contributed by atoms with Crippen LogP contribution in [-0.4, -0.2) is 10.7 Å². The zero-order chi connectivity index (χ0) is 12.1. The molecule has 3 aliphatic carbocycles. The molecule has 1 nitrogen and oxygen atoms in total. The molecule has 0 aromatic heterocycles. The van der Waals surface area contributed by atoms with Gasteiger partial charge >= 0.3 is 0 Å². The molecule has 3 unspecified atom stereocenters. The zero-order valence-corrected chi connectivity index (χ0v) is 11.5. The Kier molecular flexibility index (Phi) is 2.81. The minimum Gasteiger partial charge on any atom is -0.390 e. The molecule has 3 fully saturated rings. The van der Waals surface area contributed by atoms with Gasteiger partial charge in [-0.25, -0.2) is 0 Å². The lowest BCUT2D eigenvalue weighted by Crippen LogP contribution is -2.40. The van der Waals surface area contributed by atoms with E-state index in [1.54, 1.807) is 0 Å². The van der Waals surface area contributed by atoms with Crippen molar-refractivity contribution >= 4 is 0 Å². The van der Waals surface area contributed by atoms with Gasteiger partial charge in [0.15, 0.2) is 0 Å². The molecule has 17 heavy (non-hydrogen) atoms. The maximum absolute atomic E-state index is 10.8. The fourth-order valence-corrected chi connectivity index (χ4v) is 5.22. The van der Waals surface area contributed by atoms with E-state index in [1.165, 1.54) is 38.5 Å². The summed E-state index contributed by atoms with van der Waals surface area (Å²) in [6.45, 7) is 4.93. The maximum Gasteiger partial charge on any atom is 0.0650 e. The van der Waals surface area contributed by atoms with Crippen molar-refractivity contribution in [2.45, 2.75) is 77.2 Å². The highest BCUT2D eigenvalue weighted by molar-refractivity contribution is 5.04. The fourth-order valence-electron chi connectivity index (χ4n) is 5.22. The third-order valence-electron chi connectivity index (χ3n) is 6.43. The summed E-state index contributed by atoms with van der Waals surface area (Å²) in [7, 11) is 0. The van der Waals surface area contributed by atoms with E-state index in [-0.39, 0.29) is 5.60 Å². The highest BCUT2D eigenvalue weighted by Crippen LogP contribution is 2.61. The van der Waals surface area contributed by atoms with E-state index in [0.29, 0.717) is 5.41 Å². The quantitative estimate of drug-likeness (QED) is 0.764. The van der Waals surface area contributed by atoms with Gasteiger partial charge in [0.1, 0.15) is 0 Å². The number of hydrogen-bond donors (Lipinski definition) is 1. The molecule has 0 amide bonds. The zero-order valence-electron chi connectivity index (χ0n) is 11.5. The second-order valence-electron chi connectivity index (χ2n) is 7.69. The average Bonchev–Trinajstić information content (AvgIpc) is 2.82. The van der Waals surface area contributed by atoms with Crippen LogP contribution in [-0.2, 0) is 0 Å². The first-order valence-corrected chi connectivity index (χ1v) is 7.74. The van der Waals surface area contributed by atoms with Crippen LogP contribution >= 0.6 is 0 Å². The number of aliphatic hydroxyl groups is 1. The number of fused-ring (bicyclic) bond motifs is 2. The third-order valence-corrected chi connectivity index (χ3v) is 6.43. The third kappa shape index (κ3) is 1.95. The Balaban J connectivity index is 1.72. The van der Waals surface area contributed by atoms with Gasteiger partial charge in [-0.05, 0) is 61.7 Å². The van der Waals surface area contributed by atoms with E-state index >= 15 is 0 Å². The molecule has 0 spiro atoms. The molecule has 3 saturated carbocycles. The van der Waals surface area contributed by atoms with Crippen LogP contribution in [0.15, 0.2) is 0 Å². The molecule has 0 aromatic rings. The Morgan fingerprint density at radius 3 is 2.35 bits per heavy atom. The lowest BCUT2D eigenvalue weighted by atomic mass is 9.64. The molecular weight excluding hydrogens is 208 g/mol. The van der Waals surface area contributed by atoms with Gasteiger partial charge in [0, 0.05) is 0 Å². The molecular formula is C16H28O. The second kappa shape index (κ2) is 3.98. The van der Waals surface area contributed by atoms with Crippen molar-refractivity contribution in [3.63, 3.8) is 0 Å². The first-order chi connectivity index (χ1) is 8.01. The van der Waals surface area contributed by atoms with E-state index in [4.69, 9.17) is 0 Å². The van der Waals surface area contributed by atoms with Gasteiger partial charge in [-0.1, -0.05) is 33.1 Å². The summed E-state index contributed by atoms with van der Waals surface area (Å²) in [5, 5.41) is 10.8. The van der Waals surface area contributed by atoms with Crippen LogP contribution in [0.4, 0.5) is 0 Å². The summed E-state index contributed by atoms with van der Waals surface area (Å²) in [6, 6.07) is 0. The van der Waals surface area contributed by atoms with Crippen molar-refractivity contribution in [3.05, 3.63) is 0 Å². The maximum atomic E-state index is 10.8. The Labute approximate surface area is 106 Å². The van der Waals surface area contributed by atoms with Crippen molar-refractivity contribution in [2.75, 3.05) is 0 Å². The predicted octanol–water partition coefficient (Wildman–Crippen LogP) is 4.14. The summed E-state index contributed by atoms with van der Waals surface area (Å²) in [5.74, 6) is 2.68. The molecule has 3 atom stereocenters. The van der Waals surface area contributed by atoms with Crippen LogP contribution in [0.1, 0.15) is 71.6 Å². The van der Waals surface area contributed by atoms with Gasteiger partial charge in [0.25, 0.3) is 0 Å². The summed E-state index contributed by atoms with van der Waals surface area (Å²) in [4.78, 5) is 0. The van der Waals surface area contributed by atoms with Gasteiger partial charge < -0.3 is 5.11 Å². The molecule has 0 aliphatic heterocycles. The minimum atomic E-state index is -0.301. The smallest absolute Gasteiger partial charge is 0.0650 e. The molecule has 0 saturated heterocycles. The van der Waals surface area contributed by atoms with Crippen LogP contribution < -0.4 is 0 Å². The summed E-state index contributed by atoms with van der Waals surface area (Å²) >= 11 is 0. The lowest BCUT2D eigenvalue weighted by Gasteiger charge is -2.44. The molecule has 0 aromatic carbocycles. The molecule has 1 heteroatoms. The van der Waals surface area contributed by atoms with Gasteiger partial charge in [-0.15, -0.1) is 0 Å². The van der Waals surface area contributed by atoms with Crippen LogP contribution in [0.3, 0.4) is 0 Å². The van der Waals surface area contributed by atoms with E-state index in [2.05, 4.69) is 13.8 Å². The first kappa shape index (κ1) is 12.0. The van der Waals surface area contributed by atoms with Crippen molar-refractivity contribution in [2.24, 2.45) is 23.2 Å². The molecule has 0 heterocycles. The van der Waals surface area contributed by atoms with Crippen LogP contribution in [0.5, 0.6) is 0 Å². The standard InChI is InChI=1S/C16H28O/c1-15(2)13-7-6-12(10-13)14(15)11-16(17)8-4-3-5-9-16/h12-14,17H,3-11H2,1-2H3. The van der Waals surface area contributed by atoms with E-state index in [9.17, 15) is 5.11 Å². The highest BCUT2D eigenvalue weighted by Gasteiger charge is 2.54. The van der Waals surface area contributed by atoms with Gasteiger partial charge in [-0.2, -0.15) is 0 Å². The molecule has 3 aliphatic rings. The van der Waals surface area contributed by atoms with Crippen LogP contribution in [0.2, 0.25) is 0 Å². The summed E-state index contributed by atoms with van der Waals surface area (Å²) in [6.07, 6.45) is 11.4.